The van der Waals surface area contributed by atoms with Gasteiger partial charge in [-0.3, -0.25) is 0 Å². The second kappa shape index (κ2) is 12.0. The monoisotopic (exact) mass is 522 g/mol. The molecule has 1 aromatic carbocycles. The highest BCUT2D eigenvalue weighted by Gasteiger charge is 2.26. The van der Waals surface area contributed by atoms with Gasteiger partial charge in [0.1, 0.15) is 0 Å². The summed E-state index contributed by atoms with van der Waals surface area (Å²) in [6.45, 7) is 8.24. The molecule has 28 heavy (non-hydrogen) atoms. The number of hydrogen-bond acceptors (Lipinski definition) is 3. The zero-order valence-corrected chi connectivity index (χ0v) is 20.4. The van der Waals surface area contributed by atoms with Crippen LogP contribution in [0.3, 0.4) is 0 Å². The predicted molar refractivity (Wildman–Crippen MR) is 126 cm³/mol. The largest absolute Gasteiger partial charge is 0.370 e. The van der Waals surface area contributed by atoms with Crippen molar-refractivity contribution in [3.05, 3.63) is 29.8 Å². The summed E-state index contributed by atoms with van der Waals surface area (Å²) in [7, 11) is -3.36. The number of benzene rings is 1. The molecule has 8 heteroatoms. The van der Waals surface area contributed by atoms with Gasteiger partial charge < -0.3 is 11.1 Å². The average Bonchev–Trinajstić information content (AvgIpc) is 3.15. The van der Waals surface area contributed by atoms with Crippen molar-refractivity contribution in [1.82, 2.24) is 9.62 Å². The molecule has 0 radical (unpaired) electrons. The number of nitrogens with one attached hydrogen (secondary N) is 1. The van der Waals surface area contributed by atoms with Crippen LogP contribution in [0.1, 0.15) is 58.4 Å². The molecule has 0 aromatic heterocycles. The maximum atomic E-state index is 12.5. The number of aliphatic imine (C=N–C) groups is 1. The van der Waals surface area contributed by atoms with Crippen LogP contribution in [-0.2, 0) is 16.6 Å². The van der Waals surface area contributed by atoms with E-state index in [0.29, 0.717) is 36.5 Å². The van der Waals surface area contributed by atoms with Gasteiger partial charge in [-0.2, -0.15) is 4.31 Å². The van der Waals surface area contributed by atoms with Gasteiger partial charge in [0, 0.05) is 19.1 Å². The van der Waals surface area contributed by atoms with Crippen molar-refractivity contribution in [2.24, 2.45) is 16.6 Å². The van der Waals surface area contributed by atoms with Crippen molar-refractivity contribution in [1.29, 1.82) is 0 Å². The number of rotatable bonds is 9. The molecule has 0 amide bonds. The minimum Gasteiger partial charge on any atom is -0.370 e. The second-order valence-electron chi connectivity index (χ2n) is 7.83. The standard InChI is InChI=1S/C20H34N4O2S.HI/c1-16(2)7-6-8-17(3)23-20(21)22-15-18-9-11-19(12-10-18)27(25,26)24-13-4-5-14-24;/h9-12,16-17H,4-8,13-15H2,1-3H3,(H3,21,22,23);1H. The SMILES string of the molecule is CC(C)CCCC(C)NC(N)=NCc1ccc(S(=O)(=O)N2CCCC2)cc1.I. The van der Waals surface area contributed by atoms with Gasteiger partial charge in [0.15, 0.2) is 5.96 Å². The van der Waals surface area contributed by atoms with Gasteiger partial charge in [-0.25, -0.2) is 13.4 Å². The zero-order valence-electron chi connectivity index (χ0n) is 17.2. The van der Waals surface area contributed by atoms with Crippen LogP contribution in [-0.4, -0.2) is 37.8 Å². The zero-order chi connectivity index (χ0) is 19.9. The van der Waals surface area contributed by atoms with E-state index in [1.54, 1.807) is 16.4 Å². The van der Waals surface area contributed by atoms with Crippen molar-refractivity contribution < 1.29 is 8.42 Å². The Morgan fingerprint density at radius 3 is 2.32 bits per heavy atom. The Morgan fingerprint density at radius 1 is 1.14 bits per heavy atom. The van der Waals surface area contributed by atoms with Crippen molar-refractivity contribution in [3.8, 4) is 0 Å². The maximum absolute atomic E-state index is 12.5. The van der Waals surface area contributed by atoms with E-state index in [9.17, 15) is 8.42 Å². The summed E-state index contributed by atoms with van der Waals surface area (Å²) in [5, 5.41) is 3.22. The quantitative estimate of drug-likeness (QED) is 0.294. The van der Waals surface area contributed by atoms with E-state index in [4.69, 9.17) is 5.73 Å². The number of nitrogens with two attached hydrogens (primary N) is 1. The third-order valence-electron chi connectivity index (χ3n) is 4.87. The van der Waals surface area contributed by atoms with Gasteiger partial charge >= 0.3 is 0 Å². The average molecular weight is 522 g/mol. The molecule has 2 rings (SSSR count). The summed E-state index contributed by atoms with van der Waals surface area (Å²) in [5.74, 6) is 1.15. The lowest BCUT2D eigenvalue weighted by Gasteiger charge is -2.16. The molecular weight excluding hydrogens is 487 g/mol. The molecule has 1 heterocycles. The van der Waals surface area contributed by atoms with Gasteiger partial charge in [-0.1, -0.05) is 38.8 Å². The van der Waals surface area contributed by atoms with Crippen LogP contribution in [0, 0.1) is 5.92 Å². The summed E-state index contributed by atoms with van der Waals surface area (Å²) in [4.78, 5) is 4.72. The van der Waals surface area contributed by atoms with Gasteiger partial charge in [0.25, 0.3) is 0 Å². The fourth-order valence-corrected chi connectivity index (χ4v) is 4.74. The first-order valence-corrected chi connectivity index (χ1v) is 11.4. The smallest absolute Gasteiger partial charge is 0.243 e. The lowest BCUT2D eigenvalue weighted by Crippen LogP contribution is -2.38. The molecule has 160 valence electrons. The lowest BCUT2D eigenvalue weighted by molar-refractivity contribution is 0.477. The third kappa shape index (κ3) is 7.87. The van der Waals surface area contributed by atoms with Crippen LogP contribution in [0.4, 0.5) is 0 Å². The first kappa shape index (κ1) is 25.2. The van der Waals surface area contributed by atoms with Gasteiger partial charge in [0.2, 0.25) is 10.0 Å². The molecule has 1 aliphatic rings. The Hall–Kier alpha value is -0.870. The predicted octanol–water partition coefficient (Wildman–Crippen LogP) is 3.71. The Bertz CT molecular complexity index is 714. The Balaban J connectivity index is 0.00000392. The third-order valence-corrected chi connectivity index (χ3v) is 6.78. The molecule has 1 saturated heterocycles. The lowest BCUT2D eigenvalue weighted by atomic mass is 10.0. The van der Waals surface area contributed by atoms with E-state index in [1.807, 2.05) is 12.1 Å². The minimum absolute atomic E-state index is 0. The highest BCUT2D eigenvalue weighted by Crippen LogP contribution is 2.21. The van der Waals surface area contributed by atoms with Crippen LogP contribution in [0.2, 0.25) is 0 Å². The molecule has 1 fully saturated rings. The van der Waals surface area contributed by atoms with Crippen molar-refractivity contribution >= 4 is 40.0 Å². The second-order valence-corrected chi connectivity index (χ2v) is 9.76. The summed E-state index contributed by atoms with van der Waals surface area (Å²) in [6, 6.07) is 7.24. The number of guanidine groups is 1. The topological polar surface area (TPSA) is 87.8 Å². The highest BCUT2D eigenvalue weighted by molar-refractivity contribution is 14.0. The van der Waals surface area contributed by atoms with E-state index in [1.165, 1.54) is 12.8 Å². The molecular formula is C20H35IN4O2S. The van der Waals surface area contributed by atoms with Crippen molar-refractivity contribution in [2.75, 3.05) is 13.1 Å². The summed E-state index contributed by atoms with van der Waals surface area (Å²) in [5.41, 5.74) is 6.91. The number of halogens is 1. The molecule has 1 atom stereocenters. The summed E-state index contributed by atoms with van der Waals surface area (Å²) < 4.78 is 26.6. The van der Waals surface area contributed by atoms with Gasteiger partial charge in [-0.15, -0.1) is 24.0 Å². The normalized spacial score (nSPS) is 16.8. The first-order chi connectivity index (χ1) is 12.8. The molecule has 0 saturated carbocycles. The Kier molecular flexibility index (Phi) is 10.8. The van der Waals surface area contributed by atoms with Crippen molar-refractivity contribution in [2.45, 2.75) is 70.4 Å². The molecule has 6 nitrogen and oxygen atoms in total. The van der Waals surface area contributed by atoms with Crippen LogP contribution in [0.5, 0.6) is 0 Å². The van der Waals surface area contributed by atoms with Gasteiger partial charge in [0.05, 0.1) is 11.4 Å². The van der Waals surface area contributed by atoms with E-state index in [-0.39, 0.29) is 24.0 Å². The first-order valence-electron chi connectivity index (χ1n) is 9.94. The number of hydrogen-bond donors (Lipinski definition) is 2. The number of nitrogens with zero attached hydrogens (tertiary/aromatic N) is 2. The maximum Gasteiger partial charge on any atom is 0.243 e. The molecule has 0 spiro atoms. The Morgan fingerprint density at radius 2 is 1.75 bits per heavy atom. The molecule has 1 aromatic rings. The molecule has 3 N–H and O–H groups in total. The van der Waals surface area contributed by atoms with E-state index < -0.39 is 10.0 Å². The molecule has 1 aliphatic heterocycles. The summed E-state index contributed by atoms with van der Waals surface area (Å²) in [6.07, 6.45) is 5.33. The summed E-state index contributed by atoms with van der Waals surface area (Å²) >= 11 is 0. The molecule has 0 bridgehead atoms. The van der Waals surface area contributed by atoms with Crippen molar-refractivity contribution in [3.63, 3.8) is 0 Å². The van der Waals surface area contributed by atoms with Crippen LogP contribution >= 0.6 is 24.0 Å². The fourth-order valence-electron chi connectivity index (χ4n) is 3.22. The van der Waals surface area contributed by atoms with Gasteiger partial charge in [-0.05, 0) is 49.8 Å². The Labute approximate surface area is 187 Å². The van der Waals surface area contributed by atoms with E-state index in [0.717, 1.165) is 30.7 Å². The van der Waals surface area contributed by atoms with Crippen LogP contribution in [0.15, 0.2) is 34.2 Å². The van der Waals surface area contributed by atoms with E-state index in [2.05, 4.69) is 31.1 Å². The highest BCUT2D eigenvalue weighted by atomic mass is 127. The van der Waals surface area contributed by atoms with E-state index >= 15 is 0 Å². The molecule has 1 unspecified atom stereocenters. The fraction of sp³-hybridized carbons (Fsp3) is 0.650. The number of sulfonamides is 1. The minimum atomic E-state index is -3.36. The van der Waals surface area contributed by atoms with Crippen LogP contribution < -0.4 is 11.1 Å². The molecule has 0 aliphatic carbocycles. The van der Waals surface area contributed by atoms with Crippen LogP contribution in [0.25, 0.3) is 0 Å².